The molecule has 0 unspecified atom stereocenters. The lowest BCUT2D eigenvalue weighted by Gasteiger charge is -2.04. The summed E-state index contributed by atoms with van der Waals surface area (Å²) >= 11 is 5.72. The molecule has 1 saturated carbocycles. The highest BCUT2D eigenvalue weighted by Gasteiger charge is 2.44. The van der Waals surface area contributed by atoms with Crippen LogP contribution in [-0.2, 0) is 5.41 Å². The molecule has 1 aliphatic carbocycles. The third kappa shape index (κ3) is 1.07. The monoisotopic (exact) mass is 178 g/mol. The van der Waals surface area contributed by atoms with Gasteiger partial charge in [0.15, 0.2) is 0 Å². The lowest BCUT2D eigenvalue weighted by molar-refractivity contribution is 0.903. The smallest absolute Gasteiger partial charge is 0.129 e. The fourth-order valence-corrected chi connectivity index (χ4v) is 1.46. The molecule has 0 aliphatic heterocycles. The van der Waals surface area contributed by atoms with E-state index in [-0.39, 0.29) is 5.41 Å². The highest BCUT2D eigenvalue weighted by atomic mass is 35.5. The van der Waals surface area contributed by atoms with Gasteiger partial charge in [0.1, 0.15) is 5.15 Å². The molecule has 3 heteroatoms. The van der Waals surface area contributed by atoms with Crippen molar-refractivity contribution in [3.05, 3.63) is 29.0 Å². The fourth-order valence-electron chi connectivity index (χ4n) is 1.29. The van der Waals surface area contributed by atoms with E-state index >= 15 is 0 Å². The van der Waals surface area contributed by atoms with Gasteiger partial charge in [-0.3, -0.25) is 0 Å². The number of nitriles is 1. The van der Waals surface area contributed by atoms with E-state index < -0.39 is 0 Å². The van der Waals surface area contributed by atoms with Crippen LogP contribution in [0.1, 0.15) is 18.4 Å². The summed E-state index contributed by atoms with van der Waals surface area (Å²) < 4.78 is 0. The Morgan fingerprint density at radius 1 is 1.58 bits per heavy atom. The van der Waals surface area contributed by atoms with E-state index in [4.69, 9.17) is 16.9 Å². The topological polar surface area (TPSA) is 36.7 Å². The molecule has 1 aromatic rings. The molecule has 60 valence electrons. The Balaban J connectivity index is 2.42. The van der Waals surface area contributed by atoms with Crippen LogP contribution in [0.5, 0.6) is 0 Å². The Morgan fingerprint density at radius 3 is 2.83 bits per heavy atom. The molecule has 0 amide bonds. The third-order valence-electron chi connectivity index (χ3n) is 2.24. The second-order valence-corrected chi connectivity index (χ2v) is 3.45. The first-order valence-electron chi connectivity index (χ1n) is 3.80. The SMILES string of the molecule is N#CC1(c2ccnc(Cl)c2)CC1. The second-order valence-electron chi connectivity index (χ2n) is 3.06. The number of nitrogens with zero attached hydrogens (tertiary/aromatic N) is 2. The zero-order valence-electron chi connectivity index (χ0n) is 6.42. The summed E-state index contributed by atoms with van der Waals surface area (Å²) in [6.07, 6.45) is 3.54. The number of aromatic nitrogens is 1. The van der Waals surface area contributed by atoms with Gasteiger partial charge >= 0.3 is 0 Å². The lowest BCUT2D eigenvalue weighted by Crippen LogP contribution is -2.02. The van der Waals surface area contributed by atoms with Crippen LogP contribution >= 0.6 is 11.6 Å². The van der Waals surface area contributed by atoms with Gasteiger partial charge in [-0.15, -0.1) is 0 Å². The van der Waals surface area contributed by atoms with Crippen LogP contribution in [0.2, 0.25) is 5.15 Å². The molecular formula is C9H7ClN2. The first-order chi connectivity index (χ1) is 5.77. The van der Waals surface area contributed by atoms with Crippen LogP contribution < -0.4 is 0 Å². The molecule has 0 aromatic carbocycles. The van der Waals surface area contributed by atoms with Crippen LogP contribution in [0.25, 0.3) is 0 Å². The van der Waals surface area contributed by atoms with Gasteiger partial charge in [0.05, 0.1) is 11.5 Å². The second kappa shape index (κ2) is 2.46. The van der Waals surface area contributed by atoms with E-state index in [1.165, 1.54) is 0 Å². The molecule has 0 atom stereocenters. The largest absolute Gasteiger partial charge is 0.245 e. The molecule has 0 N–H and O–H groups in total. The Labute approximate surface area is 75.8 Å². The molecule has 1 fully saturated rings. The van der Waals surface area contributed by atoms with Gasteiger partial charge in [0.25, 0.3) is 0 Å². The van der Waals surface area contributed by atoms with E-state index in [1.807, 2.05) is 6.07 Å². The Bertz CT molecular complexity index is 350. The Morgan fingerprint density at radius 2 is 2.33 bits per heavy atom. The summed E-state index contributed by atoms with van der Waals surface area (Å²) in [5.74, 6) is 0. The van der Waals surface area contributed by atoms with Crippen molar-refractivity contribution >= 4 is 11.6 Å². The van der Waals surface area contributed by atoms with Crippen molar-refractivity contribution in [1.29, 1.82) is 5.26 Å². The highest BCUT2D eigenvalue weighted by molar-refractivity contribution is 6.29. The van der Waals surface area contributed by atoms with Crippen molar-refractivity contribution in [3.63, 3.8) is 0 Å². The Kier molecular flexibility index (Phi) is 1.55. The van der Waals surface area contributed by atoms with Gasteiger partial charge in [-0.2, -0.15) is 5.26 Å². The predicted octanol–water partition coefficient (Wildman–Crippen LogP) is 2.29. The zero-order valence-corrected chi connectivity index (χ0v) is 7.17. The van der Waals surface area contributed by atoms with Crippen molar-refractivity contribution in [1.82, 2.24) is 4.98 Å². The maximum Gasteiger partial charge on any atom is 0.129 e. The minimum absolute atomic E-state index is 0.243. The molecule has 0 spiro atoms. The van der Waals surface area contributed by atoms with E-state index in [0.717, 1.165) is 18.4 Å². The first kappa shape index (κ1) is 7.57. The number of pyridine rings is 1. The van der Waals surface area contributed by atoms with E-state index in [9.17, 15) is 0 Å². The van der Waals surface area contributed by atoms with Crippen molar-refractivity contribution < 1.29 is 0 Å². The van der Waals surface area contributed by atoms with E-state index in [0.29, 0.717) is 5.15 Å². The fraction of sp³-hybridized carbons (Fsp3) is 0.333. The summed E-state index contributed by atoms with van der Waals surface area (Å²) in [6, 6.07) is 5.95. The molecular weight excluding hydrogens is 172 g/mol. The molecule has 2 nitrogen and oxygen atoms in total. The van der Waals surface area contributed by atoms with Gasteiger partial charge in [-0.1, -0.05) is 11.6 Å². The maximum absolute atomic E-state index is 8.89. The van der Waals surface area contributed by atoms with Crippen molar-refractivity contribution in [3.8, 4) is 6.07 Å². The average molecular weight is 179 g/mol. The lowest BCUT2D eigenvalue weighted by atomic mass is 9.99. The van der Waals surface area contributed by atoms with Crippen LogP contribution in [0, 0.1) is 11.3 Å². The molecule has 2 rings (SSSR count). The van der Waals surface area contributed by atoms with Crippen LogP contribution in [0.4, 0.5) is 0 Å². The van der Waals surface area contributed by atoms with Crippen molar-refractivity contribution in [2.45, 2.75) is 18.3 Å². The maximum atomic E-state index is 8.89. The van der Waals surface area contributed by atoms with Crippen LogP contribution in [0.15, 0.2) is 18.3 Å². The zero-order chi connectivity index (χ0) is 8.60. The summed E-state index contributed by atoms with van der Waals surface area (Å²) in [6.45, 7) is 0. The third-order valence-corrected chi connectivity index (χ3v) is 2.45. The van der Waals surface area contributed by atoms with Gasteiger partial charge in [0, 0.05) is 6.20 Å². The van der Waals surface area contributed by atoms with Crippen molar-refractivity contribution in [2.24, 2.45) is 0 Å². The number of rotatable bonds is 1. The summed E-state index contributed by atoms with van der Waals surface area (Å²) in [7, 11) is 0. The van der Waals surface area contributed by atoms with Crippen molar-refractivity contribution in [2.75, 3.05) is 0 Å². The highest BCUT2D eigenvalue weighted by Crippen LogP contribution is 2.47. The van der Waals surface area contributed by atoms with Gasteiger partial charge < -0.3 is 0 Å². The van der Waals surface area contributed by atoms with Gasteiger partial charge in [0.2, 0.25) is 0 Å². The minimum Gasteiger partial charge on any atom is -0.245 e. The summed E-state index contributed by atoms with van der Waals surface area (Å²) in [5, 5.41) is 9.35. The first-order valence-corrected chi connectivity index (χ1v) is 4.18. The molecule has 0 radical (unpaired) electrons. The van der Waals surface area contributed by atoms with Crippen LogP contribution in [-0.4, -0.2) is 4.98 Å². The normalized spacial score (nSPS) is 18.3. The quantitative estimate of drug-likeness (QED) is 0.619. The number of halogens is 1. The molecule has 1 heterocycles. The van der Waals surface area contributed by atoms with Crippen LogP contribution in [0.3, 0.4) is 0 Å². The average Bonchev–Trinajstić information content (AvgIpc) is 2.84. The van der Waals surface area contributed by atoms with E-state index in [1.54, 1.807) is 12.3 Å². The molecule has 0 saturated heterocycles. The minimum atomic E-state index is -0.243. The Hall–Kier alpha value is -1.07. The molecule has 1 aliphatic rings. The molecule has 0 bridgehead atoms. The summed E-state index contributed by atoms with van der Waals surface area (Å²) in [5.41, 5.74) is 0.761. The predicted molar refractivity (Wildman–Crippen MR) is 45.8 cm³/mol. The number of hydrogen-bond donors (Lipinski definition) is 0. The standard InChI is InChI=1S/C9H7ClN2/c10-8-5-7(1-4-12-8)9(6-11)2-3-9/h1,4-5H,2-3H2. The molecule has 12 heavy (non-hydrogen) atoms. The van der Waals surface area contributed by atoms with Gasteiger partial charge in [-0.25, -0.2) is 4.98 Å². The molecule has 1 aromatic heterocycles. The van der Waals surface area contributed by atoms with E-state index in [2.05, 4.69) is 11.1 Å². The summed E-state index contributed by atoms with van der Waals surface area (Å²) in [4.78, 5) is 3.87. The van der Waals surface area contributed by atoms with Gasteiger partial charge in [-0.05, 0) is 30.5 Å². The number of hydrogen-bond acceptors (Lipinski definition) is 2.